The summed E-state index contributed by atoms with van der Waals surface area (Å²) >= 11 is 0. The molecule has 1 amide bonds. The van der Waals surface area contributed by atoms with Crippen LogP contribution in [-0.2, 0) is 10.2 Å². The van der Waals surface area contributed by atoms with Crippen LogP contribution in [0, 0.1) is 5.82 Å². The van der Waals surface area contributed by atoms with Crippen molar-refractivity contribution in [1.29, 1.82) is 0 Å². The molecule has 0 radical (unpaired) electrons. The number of fused-ring (bicyclic) bond motifs is 1. The number of anilines is 3. The van der Waals surface area contributed by atoms with Crippen LogP contribution in [0.1, 0.15) is 44.0 Å². The monoisotopic (exact) mass is 421 g/mol. The van der Waals surface area contributed by atoms with Gasteiger partial charge in [0, 0.05) is 31.0 Å². The van der Waals surface area contributed by atoms with Gasteiger partial charge in [0.05, 0.1) is 29.4 Å². The number of halogens is 1. The van der Waals surface area contributed by atoms with Crippen LogP contribution in [0.25, 0.3) is 0 Å². The van der Waals surface area contributed by atoms with Gasteiger partial charge in [-0.1, -0.05) is 12.1 Å². The molecule has 31 heavy (non-hydrogen) atoms. The molecule has 8 nitrogen and oxygen atoms in total. The van der Waals surface area contributed by atoms with Gasteiger partial charge < -0.3 is 10.6 Å². The van der Waals surface area contributed by atoms with Crippen molar-refractivity contribution < 1.29 is 9.18 Å². The first kappa shape index (κ1) is 19.6. The highest BCUT2D eigenvalue weighted by Crippen LogP contribution is 2.44. The Morgan fingerprint density at radius 2 is 1.97 bits per heavy atom. The molecule has 2 aromatic heterocycles. The Balaban J connectivity index is 1.46. The number of nitrogens with one attached hydrogen (secondary N) is 2. The molecule has 1 fully saturated rings. The second-order valence-electron chi connectivity index (χ2n) is 8.60. The van der Waals surface area contributed by atoms with Crippen LogP contribution in [0.4, 0.5) is 21.8 Å². The third kappa shape index (κ3) is 3.25. The molecule has 2 N–H and O–H groups in total. The number of carbonyl (C=O) groups is 1. The smallest absolute Gasteiger partial charge is 0.239 e. The fourth-order valence-electron chi connectivity index (χ4n) is 4.01. The van der Waals surface area contributed by atoms with Gasteiger partial charge in [-0.15, -0.1) is 0 Å². The van der Waals surface area contributed by atoms with Gasteiger partial charge in [-0.2, -0.15) is 10.1 Å². The molecule has 2 aliphatic heterocycles. The number of benzene rings is 1. The van der Waals surface area contributed by atoms with Crippen molar-refractivity contribution in [2.24, 2.45) is 0 Å². The van der Waals surface area contributed by atoms with E-state index >= 15 is 0 Å². The Kier molecular flexibility index (Phi) is 4.51. The molecule has 1 atom stereocenters. The number of rotatable bonds is 5. The lowest BCUT2D eigenvalue weighted by Crippen LogP contribution is -2.43. The predicted octanol–water partition coefficient (Wildman–Crippen LogP) is 3.09. The Morgan fingerprint density at radius 1 is 1.23 bits per heavy atom. The van der Waals surface area contributed by atoms with E-state index in [2.05, 4.69) is 25.7 Å². The lowest BCUT2D eigenvalue weighted by Gasteiger charge is -2.27. The summed E-state index contributed by atoms with van der Waals surface area (Å²) in [4.78, 5) is 24.1. The van der Waals surface area contributed by atoms with Crippen LogP contribution in [0.15, 0.2) is 42.9 Å². The van der Waals surface area contributed by atoms with Gasteiger partial charge in [0.25, 0.3) is 0 Å². The third-order valence-corrected chi connectivity index (χ3v) is 6.16. The highest BCUT2D eigenvalue weighted by molar-refractivity contribution is 6.07. The number of nitrogens with zero attached hydrogens (tertiary/aromatic N) is 5. The molecular formula is C22H24FN7O. The molecule has 9 heteroatoms. The molecular weight excluding hydrogens is 397 g/mol. The summed E-state index contributed by atoms with van der Waals surface area (Å²) in [5.74, 6) is 0.597. The fourth-order valence-corrected chi connectivity index (χ4v) is 4.01. The molecule has 1 aromatic carbocycles. The van der Waals surface area contributed by atoms with Crippen molar-refractivity contribution >= 4 is 23.4 Å². The molecule has 0 bridgehead atoms. The zero-order valence-electron chi connectivity index (χ0n) is 17.6. The molecule has 0 spiro atoms. The van der Waals surface area contributed by atoms with Gasteiger partial charge in [0.2, 0.25) is 11.9 Å². The fraction of sp³-hybridized carbons (Fsp3) is 0.364. The van der Waals surface area contributed by atoms with E-state index in [0.717, 1.165) is 29.9 Å². The van der Waals surface area contributed by atoms with Crippen molar-refractivity contribution in [3.8, 4) is 0 Å². The summed E-state index contributed by atoms with van der Waals surface area (Å²) in [7, 11) is 0. The lowest BCUT2D eigenvalue weighted by molar-refractivity contribution is -0.122. The van der Waals surface area contributed by atoms with Crippen molar-refractivity contribution in [2.75, 3.05) is 23.3 Å². The van der Waals surface area contributed by atoms with E-state index < -0.39 is 5.41 Å². The zero-order chi connectivity index (χ0) is 21.8. The summed E-state index contributed by atoms with van der Waals surface area (Å²) in [6.45, 7) is 7.48. The van der Waals surface area contributed by atoms with E-state index in [1.165, 1.54) is 12.1 Å². The molecule has 5 rings (SSSR count). The predicted molar refractivity (Wildman–Crippen MR) is 115 cm³/mol. The van der Waals surface area contributed by atoms with Gasteiger partial charge in [-0.05, 0) is 38.5 Å². The molecule has 4 heterocycles. The topological polar surface area (TPSA) is 88.0 Å². The number of hydrogen-bond acceptors (Lipinski definition) is 6. The van der Waals surface area contributed by atoms with Gasteiger partial charge >= 0.3 is 0 Å². The van der Waals surface area contributed by atoms with E-state index in [-0.39, 0.29) is 17.8 Å². The summed E-state index contributed by atoms with van der Waals surface area (Å²) in [5, 5.41) is 10.8. The van der Waals surface area contributed by atoms with Crippen molar-refractivity contribution in [3.63, 3.8) is 0 Å². The minimum absolute atomic E-state index is 0.0592. The quantitative estimate of drug-likeness (QED) is 0.658. The van der Waals surface area contributed by atoms with Gasteiger partial charge in [-0.25, -0.2) is 9.37 Å². The maximum absolute atomic E-state index is 13.4. The number of carbonyl (C=O) groups excluding carboxylic acids is 1. The largest absolute Gasteiger partial charge is 0.321 e. The Hall–Kier alpha value is -3.33. The number of aromatic nitrogens is 4. The molecule has 2 aliphatic rings. The Morgan fingerprint density at radius 3 is 2.65 bits per heavy atom. The van der Waals surface area contributed by atoms with Crippen molar-refractivity contribution in [2.45, 2.75) is 38.3 Å². The zero-order valence-corrected chi connectivity index (χ0v) is 17.6. The summed E-state index contributed by atoms with van der Waals surface area (Å²) < 4.78 is 15.3. The highest BCUT2D eigenvalue weighted by atomic mass is 19.1. The molecule has 1 saturated heterocycles. The SMILES string of the molecule is C[C@@H](c1ccc(F)cc1)N1C(=O)C(C)(C)c2cnc(Nc3cnn(C4CNC4)c3)nc21. The van der Waals surface area contributed by atoms with Crippen LogP contribution in [0.5, 0.6) is 0 Å². The number of amides is 1. The molecule has 0 unspecified atom stereocenters. The second kappa shape index (κ2) is 7.12. The van der Waals surface area contributed by atoms with Crippen molar-refractivity contribution in [3.05, 3.63) is 59.8 Å². The Bertz CT molecular complexity index is 1140. The molecule has 0 aliphatic carbocycles. The van der Waals surface area contributed by atoms with Crippen LogP contribution in [0.3, 0.4) is 0 Å². The second-order valence-corrected chi connectivity index (χ2v) is 8.60. The first-order valence-corrected chi connectivity index (χ1v) is 10.3. The minimum Gasteiger partial charge on any atom is -0.321 e. The van der Waals surface area contributed by atoms with Crippen LogP contribution >= 0.6 is 0 Å². The van der Waals surface area contributed by atoms with Gasteiger partial charge in [-0.3, -0.25) is 14.4 Å². The van der Waals surface area contributed by atoms with Crippen LogP contribution < -0.4 is 15.5 Å². The maximum atomic E-state index is 13.4. The molecule has 0 saturated carbocycles. The standard InChI is InChI=1S/C22H24FN7O/c1-13(14-4-6-15(23)7-5-14)30-19-18(22(2,3)20(30)31)11-25-21(28-19)27-16-8-26-29(12-16)17-9-24-10-17/h4-8,11-13,17,24H,9-10H2,1-3H3,(H,25,27,28)/t13-/m0/s1. The van der Waals surface area contributed by atoms with E-state index in [1.54, 1.807) is 29.4 Å². The van der Waals surface area contributed by atoms with E-state index in [4.69, 9.17) is 0 Å². The Labute approximate surface area is 179 Å². The average Bonchev–Trinajstić information content (AvgIpc) is 3.21. The summed E-state index contributed by atoms with van der Waals surface area (Å²) in [5.41, 5.74) is 1.65. The molecule has 3 aromatic rings. The minimum atomic E-state index is -0.746. The van der Waals surface area contributed by atoms with Crippen molar-refractivity contribution in [1.82, 2.24) is 25.1 Å². The highest BCUT2D eigenvalue weighted by Gasteiger charge is 2.47. The average molecular weight is 421 g/mol. The van der Waals surface area contributed by atoms with E-state index in [0.29, 0.717) is 17.8 Å². The maximum Gasteiger partial charge on any atom is 0.239 e. The van der Waals surface area contributed by atoms with E-state index in [1.807, 2.05) is 31.6 Å². The van der Waals surface area contributed by atoms with Gasteiger partial charge in [0.1, 0.15) is 11.6 Å². The first-order chi connectivity index (χ1) is 14.8. The lowest BCUT2D eigenvalue weighted by atomic mass is 9.88. The first-order valence-electron chi connectivity index (χ1n) is 10.3. The third-order valence-electron chi connectivity index (χ3n) is 6.16. The van der Waals surface area contributed by atoms with Gasteiger partial charge in [0.15, 0.2) is 0 Å². The summed E-state index contributed by atoms with van der Waals surface area (Å²) in [6.07, 6.45) is 5.37. The van der Waals surface area contributed by atoms with E-state index in [9.17, 15) is 9.18 Å². The summed E-state index contributed by atoms with van der Waals surface area (Å²) in [6, 6.07) is 6.26. The molecule has 160 valence electrons. The normalized spacial score (nSPS) is 18.6. The number of hydrogen-bond donors (Lipinski definition) is 2. The van der Waals surface area contributed by atoms with Crippen LogP contribution in [0.2, 0.25) is 0 Å². The van der Waals surface area contributed by atoms with Crippen LogP contribution in [-0.4, -0.2) is 38.7 Å².